The molecule has 0 unspecified atom stereocenters. The zero-order valence-electron chi connectivity index (χ0n) is 11.6. The van der Waals surface area contributed by atoms with Crippen molar-refractivity contribution in [1.29, 1.82) is 0 Å². The Morgan fingerprint density at radius 2 is 1.95 bits per heavy atom. The molecule has 20 heavy (non-hydrogen) atoms. The van der Waals surface area contributed by atoms with E-state index in [9.17, 15) is 0 Å². The summed E-state index contributed by atoms with van der Waals surface area (Å²) in [5.74, 6) is 2.61. The number of anilines is 1. The van der Waals surface area contributed by atoms with Crippen LogP contribution < -0.4 is 14.8 Å². The van der Waals surface area contributed by atoms with Crippen LogP contribution in [-0.4, -0.2) is 24.7 Å². The molecule has 4 nitrogen and oxygen atoms in total. The van der Waals surface area contributed by atoms with Crippen molar-refractivity contribution in [3.8, 4) is 11.5 Å². The van der Waals surface area contributed by atoms with Gasteiger partial charge in [0.2, 0.25) is 0 Å². The van der Waals surface area contributed by atoms with Crippen LogP contribution in [0.1, 0.15) is 11.3 Å². The lowest BCUT2D eigenvalue weighted by Gasteiger charge is -2.18. The molecule has 1 aliphatic heterocycles. The fourth-order valence-electron chi connectivity index (χ4n) is 2.22. The Morgan fingerprint density at radius 1 is 1.10 bits per heavy atom. The monoisotopic (exact) mass is 270 g/mol. The van der Waals surface area contributed by atoms with Gasteiger partial charge < -0.3 is 14.8 Å². The van der Waals surface area contributed by atoms with E-state index in [2.05, 4.69) is 22.4 Å². The van der Waals surface area contributed by atoms with Crippen LogP contribution in [-0.2, 0) is 6.42 Å². The zero-order valence-corrected chi connectivity index (χ0v) is 11.6. The lowest BCUT2D eigenvalue weighted by atomic mass is 10.1. The predicted molar refractivity (Wildman–Crippen MR) is 78.6 cm³/mol. The second-order valence-electron chi connectivity index (χ2n) is 4.82. The summed E-state index contributed by atoms with van der Waals surface area (Å²) in [6.07, 6.45) is 0.923. The van der Waals surface area contributed by atoms with E-state index in [4.69, 9.17) is 9.47 Å². The first-order valence-corrected chi connectivity index (χ1v) is 6.87. The number of rotatable bonds is 4. The molecule has 0 bridgehead atoms. The third kappa shape index (κ3) is 3.02. The normalized spacial score (nSPS) is 13.1. The van der Waals surface area contributed by atoms with Crippen LogP contribution in [0.25, 0.3) is 0 Å². The van der Waals surface area contributed by atoms with Crippen molar-refractivity contribution in [2.45, 2.75) is 13.3 Å². The molecule has 0 aliphatic carbocycles. The second-order valence-corrected chi connectivity index (χ2v) is 4.82. The fraction of sp³-hybridized carbons (Fsp3) is 0.312. The minimum atomic E-state index is 0.627. The van der Waals surface area contributed by atoms with Crippen LogP contribution in [0.4, 0.5) is 5.82 Å². The Labute approximate surface area is 118 Å². The van der Waals surface area contributed by atoms with Gasteiger partial charge in [-0.3, -0.25) is 0 Å². The van der Waals surface area contributed by atoms with Crippen LogP contribution in [0.15, 0.2) is 36.4 Å². The zero-order chi connectivity index (χ0) is 13.8. The summed E-state index contributed by atoms with van der Waals surface area (Å²) in [5.41, 5.74) is 2.25. The molecule has 1 aliphatic rings. The molecule has 0 radical (unpaired) electrons. The fourth-order valence-corrected chi connectivity index (χ4v) is 2.22. The number of hydrogen-bond donors (Lipinski definition) is 1. The molecule has 2 heterocycles. The van der Waals surface area contributed by atoms with Crippen molar-refractivity contribution >= 4 is 5.82 Å². The van der Waals surface area contributed by atoms with Gasteiger partial charge in [-0.05, 0) is 43.2 Å². The molecule has 1 aromatic heterocycles. The van der Waals surface area contributed by atoms with Crippen molar-refractivity contribution in [1.82, 2.24) is 4.98 Å². The van der Waals surface area contributed by atoms with E-state index in [0.29, 0.717) is 13.2 Å². The Hall–Kier alpha value is -2.23. The molecule has 1 N–H and O–H groups in total. The Morgan fingerprint density at radius 3 is 2.80 bits per heavy atom. The van der Waals surface area contributed by atoms with Crippen molar-refractivity contribution in [2.24, 2.45) is 0 Å². The minimum absolute atomic E-state index is 0.627. The number of fused-ring (bicyclic) bond motifs is 1. The van der Waals surface area contributed by atoms with Gasteiger partial charge >= 0.3 is 0 Å². The smallest absolute Gasteiger partial charge is 0.161 e. The first kappa shape index (κ1) is 12.8. The molecule has 0 spiro atoms. The summed E-state index contributed by atoms with van der Waals surface area (Å²) in [7, 11) is 0. The summed E-state index contributed by atoms with van der Waals surface area (Å²) < 4.78 is 11.1. The van der Waals surface area contributed by atoms with E-state index in [1.54, 1.807) is 0 Å². The molecule has 104 valence electrons. The lowest BCUT2D eigenvalue weighted by molar-refractivity contribution is 0.171. The maximum Gasteiger partial charge on any atom is 0.161 e. The van der Waals surface area contributed by atoms with Gasteiger partial charge in [0.15, 0.2) is 11.5 Å². The predicted octanol–water partition coefficient (Wildman–Crippen LogP) is 2.82. The van der Waals surface area contributed by atoms with Crippen LogP contribution in [0, 0.1) is 6.92 Å². The van der Waals surface area contributed by atoms with Crippen LogP contribution in [0.3, 0.4) is 0 Å². The van der Waals surface area contributed by atoms with Crippen LogP contribution >= 0.6 is 0 Å². The average molecular weight is 270 g/mol. The molecule has 0 atom stereocenters. The van der Waals surface area contributed by atoms with E-state index in [0.717, 1.165) is 36.0 Å². The summed E-state index contributed by atoms with van der Waals surface area (Å²) in [6, 6.07) is 12.1. The highest BCUT2D eigenvalue weighted by Gasteiger charge is 2.11. The molecule has 0 fully saturated rings. The Bertz CT molecular complexity index is 599. The molecule has 3 rings (SSSR count). The Kier molecular flexibility index (Phi) is 3.72. The highest BCUT2D eigenvalue weighted by Crippen LogP contribution is 2.30. The van der Waals surface area contributed by atoms with Crippen molar-refractivity contribution in [2.75, 3.05) is 25.1 Å². The number of nitrogens with one attached hydrogen (secondary N) is 1. The first-order valence-electron chi connectivity index (χ1n) is 6.87. The molecule has 4 heteroatoms. The highest BCUT2D eigenvalue weighted by atomic mass is 16.6. The minimum Gasteiger partial charge on any atom is -0.486 e. The molecular weight excluding hydrogens is 252 g/mol. The molecule has 1 aromatic carbocycles. The average Bonchev–Trinajstić information content (AvgIpc) is 2.47. The van der Waals surface area contributed by atoms with Crippen LogP contribution in [0.2, 0.25) is 0 Å². The first-order chi connectivity index (χ1) is 9.81. The van der Waals surface area contributed by atoms with E-state index >= 15 is 0 Å². The topological polar surface area (TPSA) is 43.4 Å². The molecule has 2 aromatic rings. The molecule has 0 saturated carbocycles. The van der Waals surface area contributed by atoms with Gasteiger partial charge in [-0.2, -0.15) is 0 Å². The number of benzene rings is 1. The standard InChI is InChI=1S/C16H18N2O2/c1-12-3-2-4-16(18-12)17-8-7-13-5-6-14-15(11-13)20-10-9-19-14/h2-6,11H,7-10H2,1H3,(H,17,18). The summed E-state index contributed by atoms with van der Waals surface area (Å²) in [5, 5.41) is 3.33. The SMILES string of the molecule is Cc1cccc(NCCc2ccc3c(c2)OCCO3)n1. The number of pyridine rings is 1. The third-order valence-electron chi connectivity index (χ3n) is 3.21. The van der Waals surface area contributed by atoms with E-state index in [1.807, 2.05) is 31.2 Å². The van der Waals surface area contributed by atoms with E-state index < -0.39 is 0 Å². The summed E-state index contributed by atoms with van der Waals surface area (Å²) >= 11 is 0. The van der Waals surface area contributed by atoms with Gasteiger partial charge in [-0.1, -0.05) is 12.1 Å². The number of aryl methyl sites for hydroxylation is 1. The van der Waals surface area contributed by atoms with Crippen molar-refractivity contribution in [3.05, 3.63) is 47.7 Å². The molecule has 0 saturated heterocycles. The Balaban J connectivity index is 1.58. The van der Waals surface area contributed by atoms with E-state index in [-0.39, 0.29) is 0 Å². The third-order valence-corrected chi connectivity index (χ3v) is 3.21. The summed E-state index contributed by atoms with van der Waals surface area (Å²) in [6.45, 7) is 4.09. The van der Waals surface area contributed by atoms with E-state index in [1.165, 1.54) is 5.56 Å². The second kappa shape index (κ2) is 5.82. The largest absolute Gasteiger partial charge is 0.486 e. The molecular formula is C16H18N2O2. The maximum absolute atomic E-state index is 5.59. The highest BCUT2D eigenvalue weighted by molar-refractivity contribution is 5.44. The lowest BCUT2D eigenvalue weighted by Crippen LogP contribution is -2.15. The van der Waals surface area contributed by atoms with Gasteiger partial charge in [0.25, 0.3) is 0 Å². The number of hydrogen-bond acceptors (Lipinski definition) is 4. The summed E-state index contributed by atoms with van der Waals surface area (Å²) in [4.78, 5) is 4.42. The van der Waals surface area contributed by atoms with Gasteiger partial charge in [0.1, 0.15) is 19.0 Å². The number of nitrogens with zero attached hydrogens (tertiary/aromatic N) is 1. The maximum atomic E-state index is 5.59. The number of ether oxygens (including phenoxy) is 2. The van der Waals surface area contributed by atoms with Crippen molar-refractivity contribution < 1.29 is 9.47 Å². The van der Waals surface area contributed by atoms with Crippen LogP contribution in [0.5, 0.6) is 11.5 Å². The quantitative estimate of drug-likeness (QED) is 0.927. The molecule has 0 amide bonds. The van der Waals surface area contributed by atoms with Gasteiger partial charge in [0.05, 0.1) is 0 Å². The van der Waals surface area contributed by atoms with Crippen molar-refractivity contribution in [3.63, 3.8) is 0 Å². The van der Waals surface area contributed by atoms with Gasteiger partial charge in [-0.15, -0.1) is 0 Å². The van der Waals surface area contributed by atoms with Gasteiger partial charge in [-0.25, -0.2) is 4.98 Å². The van der Waals surface area contributed by atoms with Gasteiger partial charge in [0, 0.05) is 12.2 Å². The number of aromatic nitrogens is 1.